The van der Waals surface area contributed by atoms with Crippen LogP contribution in [0.4, 0.5) is 5.69 Å². The van der Waals surface area contributed by atoms with E-state index >= 15 is 0 Å². The van der Waals surface area contributed by atoms with Crippen LogP contribution in [0, 0.1) is 0 Å². The van der Waals surface area contributed by atoms with Crippen molar-refractivity contribution in [1.82, 2.24) is 0 Å². The molecule has 4 nitrogen and oxygen atoms in total. The molecule has 0 aliphatic carbocycles. The lowest BCUT2D eigenvalue weighted by atomic mass is 9.99. The van der Waals surface area contributed by atoms with Crippen molar-refractivity contribution in [2.75, 3.05) is 12.4 Å². The van der Waals surface area contributed by atoms with Gasteiger partial charge in [0.25, 0.3) is 5.91 Å². The summed E-state index contributed by atoms with van der Waals surface area (Å²) in [5.74, 6) is -0.585. The number of nitrogens with one attached hydrogen (secondary N) is 1. The molecule has 0 fully saturated rings. The average Bonchev–Trinajstić information content (AvgIpc) is 2.69. The molecule has 1 amide bonds. The van der Waals surface area contributed by atoms with E-state index in [1.807, 2.05) is 54.6 Å². The first kappa shape index (κ1) is 17.4. The van der Waals surface area contributed by atoms with E-state index in [2.05, 4.69) is 10.1 Å². The fraction of sp³-hybridized carbons (Fsp3) is 0.0909. The number of carbonyl (C=O) groups is 2. The van der Waals surface area contributed by atoms with Gasteiger partial charge in [-0.25, -0.2) is 4.79 Å². The number of ether oxygens (including phenoxy) is 1. The number of esters is 1. The first-order valence-corrected chi connectivity index (χ1v) is 8.29. The topological polar surface area (TPSA) is 55.4 Å². The fourth-order valence-electron chi connectivity index (χ4n) is 2.72. The maximum atomic E-state index is 12.7. The highest BCUT2D eigenvalue weighted by Crippen LogP contribution is 2.17. The largest absolute Gasteiger partial charge is 0.465 e. The van der Waals surface area contributed by atoms with E-state index in [0.29, 0.717) is 23.2 Å². The van der Waals surface area contributed by atoms with E-state index in [0.717, 1.165) is 11.1 Å². The van der Waals surface area contributed by atoms with Gasteiger partial charge in [0.2, 0.25) is 0 Å². The van der Waals surface area contributed by atoms with Gasteiger partial charge in [0.1, 0.15) is 0 Å². The minimum absolute atomic E-state index is 0.178. The monoisotopic (exact) mass is 345 g/mol. The van der Waals surface area contributed by atoms with Crippen LogP contribution in [0.1, 0.15) is 31.8 Å². The molecule has 0 aliphatic rings. The zero-order chi connectivity index (χ0) is 18.4. The van der Waals surface area contributed by atoms with E-state index in [1.54, 1.807) is 24.3 Å². The van der Waals surface area contributed by atoms with Gasteiger partial charge in [-0.3, -0.25) is 4.79 Å². The SMILES string of the molecule is COC(=O)c1ccc(NC(=O)c2ccccc2Cc2ccccc2)cc1. The van der Waals surface area contributed by atoms with E-state index in [1.165, 1.54) is 7.11 Å². The van der Waals surface area contributed by atoms with Gasteiger partial charge in [0, 0.05) is 11.3 Å². The second-order valence-electron chi connectivity index (χ2n) is 5.84. The van der Waals surface area contributed by atoms with E-state index < -0.39 is 5.97 Å². The van der Waals surface area contributed by atoms with Crippen molar-refractivity contribution in [3.63, 3.8) is 0 Å². The lowest BCUT2D eigenvalue weighted by Crippen LogP contribution is -2.14. The van der Waals surface area contributed by atoms with Crippen LogP contribution < -0.4 is 5.32 Å². The van der Waals surface area contributed by atoms with Crippen molar-refractivity contribution in [3.8, 4) is 0 Å². The number of benzene rings is 3. The standard InChI is InChI=1S/C22H19NO3/c1-26-22(25)17-11-13-19(14-12-17)23-21(24)20-10-6-5-9-18(20)15-16-7-3-2-4-8-16/h2-14H,15H2,1H3,(H,23,24). The summed E-state index contributed by atoms with van der Waals surface area (Å²) >= 11 is 0. The van der Waals surface area contributed by atoms with Gasteiger partial charge >= 0.3 is 5.97 Å². The van der Waals surface area contributed by atoms with Crippen molar-refractivity contribution in [2.45, 2.75) is 6.42 Å². The Hall–Kier alpha value is -3.40. The first-order chi connectivity index (χ1) is 12.7. The van der Waals surface area contributed by atoms with Gasteiger partial charge < -0.3 is 10.1 Å². The van der Waals surface area contributed by atoms with Gasteiger partial charge in [-0.05, 0) is 47.9 Å². The van der Waals surface area contributed by atoms with Crippen LogP contribution in [0.5, 0.6) is 0 Å². The summed E-state index contributed by atoms with van der Waals surface area (Å²) in [4.78, 5) is 24.2. The van der Waals surface area contributed by atoms with Crippen LogP contribution in [0.15, 0.2) is 78.9 Å². The summed E-state index contributed by atoms with van der Waals surface area (Å²) < 4.78 is 4.67. The van der Waals surface area contributed by atoms with Crippen molar-refractivity contribution >= 4 is 17.6 Å². The zero-order valence-electron chi connectivity index (χ0n) is 14.4. The van der Waals surface area contributed by atoms with Crippen LogP contribution in [0.25, 0.3) is 0 Å². The van der Waals surface area contributed by atoms with E-state index in [4.69, 9.17) is 0 Å². The van der Waals surface area contributed by atoms with Gasteiger partial charge in [0.05, 0.1) is 12.7 Å². The number of hydrogen-bond donors (Lipinski definition) is 1. The third-order valence-corrected chi connectivity index (χ3v) is 4.06. The molecule has 26 heavy (non-hydrogen) atoms. The fourth-order valence-corrected chi connectivity index (χ4v) is 2.72. The molecule has 0 saturated heterocycles. The molecule has 4 heteroatoms. The van der Waals surface area contributed by atoms with Gasteiger partial charge in [-0.1, -0.05) is 48.5 Å². The molecule has 1 N–H and O–H groups in total. The number of amides is 1. The first-order valence-electron chi connectivity index (χ1n) is 8.29. The highest BCUT2D eigenvalue weighted by molar-refractivity contribution is 6.05. The second-order valence-corrected chi connectivity index (χ2v) is 5.84. The summed E-state index contributed by atoms with van der Waals surface area (Å²) in [6, 6.07) is 24.2. The molecule has 0 radical (unpaired) electrons. The smallest absolute Gasteiger partial charge is 0.337 e. The number of hydrogen-bond acceptors (Lipinski definition) is 3. The minimum atomic E-state index is -0.406. The molecule has 3 aromatic carbocycles. The van der Waals surface area contributed by atoms with Gasteiger partial charge in [-0.2, -0.15) is 0 Å². The molecule has 3 aromatic rings. The van der Waals surface area contributed by atoms with E-state index in [-0.39, 0.29) is 5.91 Å². The summed E-state index contributed by atoms with van der Waals surface area (Å²) in [6.07, 6.45) is 0.686. The summed E-state index contributed by atoms with van der Waals surface area (Å²) in [6.45, 7) is 0. The molecule has 0 spiro atoms. The highest BCUT2D eigenvalue weighted by Gasteiger charge is 2.12. The van der Waals surface area contributed by atoms with Crippen molar-refractivity contribution in [1.29, 1.82) is 0 Å². The predicted molar refractivity (Wildman–Crippen MR) is 101 cm³/mol. The van der Waals surface area contributed by atoms with Crippen LogP contribution in [0.3, 0.4) is 0 Å². The molecule has 0 bridgehead atoms. The Labute approximate surface area is 152 Å². The molecule has 0 aromatic heterocycles. The van der Waals surface area contributed by atoms with Gasteiger partial charge in [-0.15, -0.1) is 0 Å². The van der Waals surface area contributed by atoms with Gasteiger partial charge in [0.15, 0.2) is 0 Å². The maximum Gasteiger partial charge on any atom is 0.337 e. The minimum Gasteiger partial charge on any atom is -0.465 e. The van der Waals surface area contributed by atoms with Crippen LogP contribution in [-0.4, -0.2) is 19.0 Å². The highest BCUT2D eigenvalue weighted by atomic mass is 16.5. The van der Waals surface area contributed by atoms with Crippen LogP contribution in [0.2, 0.25) is 0 Å². The van der Waals surface area contributed by atoms with Crippen LogP contribution in [-0.2, 0) is 11.2 Å². The maximum absolute atomic E-state index is 12.7. The Morgan fingerprint density at radius 3 is 2.19 bits per heavy atom. The third-order valence-electron chi connectivity index (χ3n) is 4.06. The predicted octanol–water partition coefficient (Wildman–Crippen LogP) is 4.32. The molecule has 0 unspecified atom stereocenters. The Morgan fingerprint density at radius 2 is 1.50 bits per heavy atom. The zero-order valence-corrected chi connectivity index (χ0v) is 14.4. The van der Waals surface area contributed by atoms with Crippen molar-refractivity contribution in [2.24, 2.45) is 0 Å². The number of carbonyl (C=O) groups excluding carboxylic acids is 2. The Bertz CT molecular complexity index is 902. The van der Waals surface area contributed by atoms with Crippen molar-refractivity contribution < 1.29 is 14.3 Å². The molecule has 3 rings (SSSR count). The third kappa shape index (κ3) is 4.16. The van der Waals surface area contributed by atoms with Crippen molar-refractivity contribution in [3.05, 3.63) is 101 Å². The van der Waals surface area contributed by atoms with Crippen LogP contribution >= 0.6 is 0 Å². The lowest BCUT2D eigenvalue weighted by Gasteiger charge is -2.11. The molecule has 0 saturated carbocycles. The Balaban J connectivity index is 1.77. The summed E-state index contributed by atoms with van der Waals surface area (Å²) in [7, 11) is 1.34. The molecule has 0 heterocycles. The summed E-state index contributed by atoms with van der Waals surface area (Å²) in [5, 5.41) is 2.88. The summed E-state index contributed by atoms with van der Waals surface area (Å²) in [5.41, 5.74) is 3.80. The quantitative estimate of drug-likeness (QED) is 0.701. The number of methoxy groups -OCH3 is 1. The molecular formula is C22H19NO3. The molecule has 130 valence electrons. The average molecular weight is 345 g/mol. The number of anilines is 1. The lowest BCUT2D eigenvalue weighted by molar-refractivity contribution is 0.0600. The second kappa shape index (κ2) is 8.12. The Kier molecular flexibility index (Phi) is 5.44. The molecule has 0 aliphatic heterocycles. The number of rotatable bonds is 5. The Morgan fingerprint density at radius 1 is 0.846 bits per heavy atom. The molecule has 0 atom stereocenters. The van der Waals surface area contributed by atoms with E-state index in [9.17, 15) is 9.59 Å². The normalized spacial score (nSPS) is 10.2. The molecular weight excluding hydrogens is 326 g/mol.